The lowest BCUT2D eigenvalue weighted by molar-refractivity contribution is 0.0520. The number of carbonyl (C=O) groups excluding carboxylic acids is 2. The van der Waals surface area contributed by atoms with Gasteiger partial charge in [0, 0.05) is 17.4 Å². The Morgan fingerprint density at radius 3 is 1.95 bits per heavy atom. The SMILES string of the molecule is CCOC(=O)c1cc(NC(=O)Nc2cccc(O)c2)ccc1OC(c1ccc(F)cc1)c1ccc(F)cc1. The highest BCUT2D eigenvalue weighted by atomic mass is 19.1. The highest BCUT2D eigenvalue weighted by molar-refractivity contribution is 6.01. The lowest BCUT2D eigenvalue weighted by atomic mass is 10.0. The zero-order chi connectivity index (χ0) is 27.1. The standard InChI is InChI=1S/C29H24F2N2O5/c1-2-37-28(35)25-17-23(33-29(36)32-22-4-3-5-24(34)16-22)14-15-26(25)38-27(18-6-10-20(30)11-7-18)19-8-12-21(31)13-9-19/h3-17,27,34H,2H2,1H3,(H2,32,33,36). The molecule has 0 bridgehead atoms. The van der Waals surface area contributed by atoms with Crippen LogP contribution in [0.3, 0.4) is 0 Å². The molecule has 0 fully saturated rings. The molecule has 9 heteroatoms. The van der Waals surface area contributed by atoms with Gasteiger partial charge in [-0.15, -0.1) is 0 Å². The third kappa shape index (κ3) is 6.64. The number of urea groups is 1. The Balaban J connectivity index is 1.64. The summed E-state index contributed by atoms with van der Waals surface area (Å²) in [5.41, 5.74) is 1.82. The Hall–Kier alpha value is -4.92. The Kier molecular flexibility index (Phi) is 8.17. The molecule has 0 spiro atoms. The van der Waals surface area contributed by atoms with Crippen molar-refractivity contribution in [1.29, 1.82) is 0 Å². The van der Waals surface area contributed by atoms with Crippen molar-refractivity contribution >= 4 is 23.4 Å². The zero-order valence-electron chi connectivity index (χ0n) is 20.3. The van der Waals surface area contributed by atoms with Crippen LogP contribution in [-0.2, 0) is 4.74 Å². The molecule has 0 aliphatic rings. The molecule has 0 aliphatic carbocycles. The largest absolute Gasteiger partial charge is 0.508 e. The number of nitrogens with one attached hydrogen (secondary N) is 2. The van der Waals surface area contributed by atoms with E-state index in [9.17, 15) is 23.5 Å². The Bertz CT molecular complexity index is 1380. The van der Waals surface area contributed by atoms with Crippen LogP contribution >= 0.6 is 0 Å². The van der Waals surface area contributed by atoms with E-state index in [0.29, 0.717) is 16.8 Å². The van der Waals surface area contributed by atoms with Crippen molar-refractivity contribution in [2.45, 2.75) is 13.0 Å². The molecule has 0 unspecified atom stereocenters. The van der Waals surface area contributed by atoms with Gasteiger partial charge in [0.25, 0.3) is 0 Å². The number of anilines is 2. The number of rotatable bonds is 8. The predicted octanol–water partition coefficient (Wildman–Crippen LogP) is 6.66. The molecule has 0 saturated carbocycles. The molecule has 0 heterocycles. The van der Waals surface area contributed by atoms with Crippen LogP contribution in [0.15, 0.2) is 91.0 Å². The fraction of sp³-hybridized carbons (Fsp3) is 0.103. The topological polar surface area (TPSA) is 96.9 Å². The number of carbonyl (C=O) groups is 2. The number of aromatic hydroxyl groups is 1. The minimum atomic E-state index is -0.808. The van der Waals surface area contributed by atoms with Crippen LogP contribution in [0.1, 0.15) is 34.5 Å². The van der Waals surface area contributed by atoms with E-state index < -0.39 is 29.7 Å². The molecule has 38 heavy (non-hydrogen) atoms. The van der Waals surface area contributed by atoms with Gasteiger partial charge < -0.3 is 25.2 Å². The summed E-state index contributed by atoms with van der Waals surface area (Å²) in [5, 5.41) is 14.8. The summed E-state index contributed by atoms with van der Waals surface area (Å²) >= 11 is 0. The third-order valence-electron chi connectivity index (χ3n) is 5.43. The molecule has 2 amide bonds. The third-order valence-corrected chi connectivity index (χ3v) is 5.43. The van der Waals surface area contributed by atoms with Crippen LogP contribution in [0, 0.1) is 11.6 Å². The van der Waals surface area contributed by atoms with E-state index in [1.807, 2.05) is 0 Å². The van der Waals surface area contributed by atoms with Crippen LogP contribution in [0.4, 0.5) is 25.0 Å². The van der Waals surface area contributed by atoms with Gasteiger partial charge in [0.05, 0.1) is 6.61 Å². The normalized spacial score (nSPS) is 10.6. The van der Waals surface area contributed by atoms with Crippen molar-refractivity contribution in [3.63, 3.8) is 0 Å². The summed E-state index contributed by atoms with van der Waals surface area (Å²) in [6.07, 6.45) is -0.808. The minimum Gasteiger partial charge on any atom is -0.508 e. The number of esters is 1. The number of hydrogen-bond donors (Lipinski definition) is 3. The summed E-state index contributed by atoms with van der Waals surface area (Å²) in [6, 6.07) is 21.1. The van der Waals surface area contributed by atoms with Crippen molar-refractivity contribution in [2.75, 3.05) is 17.2 Å². The van der Waals surface area contributed by atoms with Crippen LogP contribution < -0.4 is 15.4 Å². The van der Waals surface area contributed by atoms with E-state index in [1.165, 1.54) is 78.9 Å². The van der Waals surface area contributed by atoms with Crippen molar-refractivity contribution in [1.82, 2.24) is 0 Å². The van der Waals surface area contributed by atoms with E-state index in [-0.39, 0.29) is 29.4 Å². The molecule has 4 aromatic rings. The van der Waals surface area contributed by atoms with Crippen LogP contribution in [0.2, 0.25) is 0 Å². The van der Waals surface area contributed by atoms with E-state index in [4.69, 9.17) is 9.47 Å². The number of halogens is 2. The quantitative estimate of drug-likeness (QED) is 0.227. The molecule has 0 aromatic heterocycles. The van der Waals surface area contributed by atoms with Crippen molar-refractivity contribution < 1.29 is 33.0 Å². The predicted molar refractivity (Wildman–Crippen MR) is 138 cm³/mol. The first-order valence-electron chi connectivity index (χ1n) is 11.7. The Morgan fingerprint density at radius 2 is 1.39 bits per heavy atom. The first kappa shape index (κ1) is 26.2. The fourth-order valence-corrected chi connectivity index (χ4v) is 3.69. The second kappa shape index (κ2) is 11.9. The highest BCUT2D eigenvalue weighted by Crippen LogP contribution is 2.33. The van der Waals surface area contributed by atoms with Gasteiger partial charge in [0.15, 0.2) is 0 Å². The first-order valence-corrected chi connectivity index (χ1v) is 11.7. The van der Waals surface area contributed by atoms with Crippen molar-refractivity contribution in [3.05, 3.63) is 119 Å². The lowest BCUT2D eigenvalue weighted by Gasteiger charge is -2.22. The number of ether oxygens (including phenoxy) is 2. The minimum absolute atomic E-state index is 0.00855. The number of amides is 2. The first-order chi connectivity index (χ1) is 18.3. The molecular weight excluding hydrogens is 494 g/mol. The van der Waals surface area contributed by atoms with Crippen LogP contribution in [0.25, 0.3) is 0 Å². The van der Waals surface area contributed by atoms with Crippen LogP contribution in [0.5, 0.6) is 11.5 Å². The maximum atomic E-state index is 13.6. The van der Waals surface area contributed by atoms with Gasteiger partial charge in [-0.3, -0.25) is 0 Å². The molecule has 0 aliphatic heterocycles. The number of benzene rings is 4. The number of phenolic OH excluding ortho intramolecular Hbond substituents is 1. The number of hydrogen-bond acceptors (Lipinski definition) is 5. The molecule has 4 rings (SSSR count). The summed E-state index contributed by atoms with van der Waals surface area (Å²) in [5.74, 6) is -1.42. The van der Waals surface area contributed by atoms with Gasteiger partial charge >= 0.3 is 12.0 Å². The van der Waals surface area contributed by atoms with E-state index >= 15 is 0 Å². The van der Waals surface area contributed by atoms with E-state index in [2.05, 4.69) is 10.6 Å². The summed E-state index contributed by atoms with van der Waals surface area (Å²) < 4.78 is 38.6. The molecule has 194 valence electrons. The lowest BCUT2D eigenvalue weighted by Crippen LogP contribution is -2.20. The molecule has 7 nitrogen and oxygen atoms in total. The second-order valence-corrected chi connectivity index (χ2v) is 8.16. The fourth-order valence-electron chi connectivity index (χ4n) is 3.69. The van der Waals surface area contributed by atoms with E-state index in [0.717, 1.165) is 0 Å². The average Bonchev–Trinajstić information content (AvgIpc) is 2.89. The van der Waals surface area contributed by atoms with Crippen LogP contribution in [-0.4, -0.2) is 23.7 Å². The monoisotopic (exact) mass is 518 g/mol. The van der Waals surface area contributed by atoms with Gasteiger partial charge in [-0.25, -0.2) is 18.4 Å². The zero-order valence-corrected chi connectivity index (χ0v) is 20.3. The summed E-state index contributed by atoms with van der Waals surface area (Å²) in [6.45, 7) is 1.76. The van der Waals surface area contributed by atoms with Crippen molar-refractivity contribution in [3.8, 4) is 11.5 Å². The van der Waals surface area contributed by atoms with Gasteiger partial charge in [-0.05, 0) is 72.6 Å². The smallest absolute Gasteiger partial charge is 0.341 e. The maximum Gasteiger partial charge on any atom is 0.341 e. The van der Waals surface area contributed by atoms with Gasteiger partial charge in [-0.1, -0.05) is 30.3 Å². The molecule has 4 aromatic carbocycles. The molecule has 0 saturated heterocycles. The summed E-state index contributed by atoms with van der Waals surface area (Å²) in [7, 11) is 0. The van der Waals surface area contributed by atoms with Gasteiger partial charge in [0.1, 0.15) is 34.8 Å². The van der Waals surface area contributed by atoms with Gasteiger partial charge in [0.2, 0.25) is 0 Å². The van der Waals surface area contributed by atoms with Gasteiger partial charge in [-0.2, -0.15) is 0 Å². The molecule has 3 N–H and O–H groups in total. The molecule has 0 radical (unpaired) electrons. The van der Waals surface area contributed by atoms with Crippen molar-refractivity contribution in [2.24, 2.45) is 0 Å². The molecule has 0 atom stereocenters. The molecular formula is C29H24F2N2O5. The number of phenols is 1. The average molecular weight is 519 g/mol. The maximum absolute atomic E-state index is 13.6. The second-order valence-electron chi connectivity index (χ2n) is 8.16. The Morgan fingerprint density at radius 1 is 0.816 bits per heavy atom. The summed E-state index contributed by atoms with van der Waals surface area (Å²) in [4.78, 5) is 25.3. The van der Waals surface area contributed by atoms with E-state index in [1.54, 1.807) is 19.1 Å². The Labute approximate surface area is 217 Å². The highest BCUT2D eigenvalue weighted by Gasteiger charge is 2.22.